The van der Waals surface area contributed by atoms with E-state index in [-0.39, 0.29) is 17.5 Å². The summed E-state index contributed by atoms with van der Waals surface area (Å²) in [5.41, 5.74) is -0.0658. The summed E-state index contributed by atoms with van der Waals surface area (Å²) in [6.45, 7) is 3.24. The Hall–Kier alpha value is -1.60. The minimum Gasteiger partial charge on any atom is -0.388 e. The van der Waals surface area contributed by atoms with Gasteiger partial charge in [-0.05, 0) is 31.9 Å². The van der Waals surface area contributed by atoms with E-state index in [9.17, 15) is 14.7 Å². The van der Waals surface area contributed by atoms with Crippen molar-refractivity contribution < 1.29 is 14.7 Å². The maximum Gasteiger partial charge on any atom is 0.325 e. The van der Waals surface area contributed by atoms with Gasteiger partial charge in [-0.25, -0.2) is 14.5 Å². The van der Waals surface area contributed by atoms with Crippen molar-refractivity contribution in [2.24, 2.45) is 0 Å². The molecule has 1 aromatic heterocycles. The highest BCUT2D eigenvalue weighted by atomic mass is 32.1. The normalized spacial score (nSPS) is 21.3. The SMILES string of the molecule is C[C@H](O)c1ccc(C2(CNC(=O)N3CCNC3=O)CCCC2)s1. The Labute approximate surface area is 139 Å². The average molecular weight is 337 g/mol. The number of hydrogen-bond donors (Lipinski definition) is 3. The zero-order valence-corrected chi connectivity index (χ0v) is 14.1. The lowest BCUT2D eigenvalue weighted by atomic mass is 9.84. The van der Waals surface area contributed by atoms with Gasteiger partial charge in [-0.2, -0.15) is 0 Å². The molecule has 1 aliphatic heterocycles. The molecule has 1 aromatic rings. The Morgan fingerprint density at radius 3 is 2.78 bits per heavy atom. The summed E-state index contributed by atoms with van der Waals surface area (Å²) in [6.07, 6.45) is 3.87. The van der Waals surface area contributed by atoms with Crippen molar-refractivity contribution in [2.75, 3.05) is 19.6 Å². The van der Waals surface area contributed by atoms with Gasteiger partial charge in [-0.15, -0.1) is 11.3 Å². The fraction of sp³-hybridized carbons (Fsp3) is 0.625. The molecule has 2 heterocycles. The highest BCUT2D eigenvalue weighted by Crippen LogP contribution is 2.44. The van der Waals surface area contributed by atoms with Crippen molar-refractivity contribution in [3.05, 3.63) is 21.9 Å². The van der Waals surface area contributed by atoms with Crippen LogP contribution in [0.3, 0.4) is 0 Å². The number of amides is 4. The van der Waals surface area contributed by atoms with Crippen LogP contribution in [0.4, 0.5) is 9.59 Å². The first-order valence-corrected chi connectivity index (χ1v) is 8.95. The number of urea groups is 2. The number of aliphatic hydroxyl groups excluding tert-OH is 1. The van der Waals surface area contributed by atoms with Crippen molar-refractivity contribution in [3.63, 3.8) is 0 Å². The maximum absolute atomic E-state index is 12.2. The average Bonchev–Trinajstić information content (AvgIpc) is 3.25. The van der Waals surface area contributed by atoms with Crippen LogP contribution in [0.15, 0.2) is 12.1 Å². The van der Waals surface area contributed by atoms with Crippen LogP contribution in [0.5, 0.6) is 0 Å². The molecule has 2 fully saturated rings. The minimum atomic E-state index is -0.463. The molecule has 3 rings (SSSR count). The summed E-state index contributed by atoms with van der Waals surface area (Å²) < 4.78 is 0. The molecule has 6 nitrogen and oxygen atoms in total. The molecule has 0 aromatic carbocycles. The Bertz CT molecular complexity index is 593. The second-order valence-electron chi connectivity index (χ2n) is 6.41. The summed E-state index contributed by atoms with van der Waals surface area (Å²) in [7, 11) is 0. The van der Waals surface area contributed by atoms with Crippen LogP contribution in [-0.2, 0) is 5.41 Å². The summed E-state index contributed by atoms with van der Waals surface area (Å²) in [5, 5.41) is 15.3. The minimum absolute atomic E-state index is 0.0658. The number of aliphatic hydroxyl groups is 1. The second kappa shape index (κ2) is 6.49. The lowest BCUT2D eigenvalue weighted by Gasteiger charge is -2.29. The van der Waals surface area contributed by atoms with E-state index in [0.29, 0.717) is 19.6 Å². The quantitative estimate of drug-likeness (QED) is 0.789. The molecule has 126 valence electrons. The van der Waals surface area contributed by atoms with E-state index in [1.54, 1.807) is 18.3 Å². The summed E-state index contributed by atoms with van der Waals surface area (Å²) in [5.74, 6) is 0. The van der Waals surface area contributed by atoms with E-state index in [0.717, 1.165) is 30.6 Å². The maximum atomic E-state index is 12.2. The van der Waals surface area contributed by atoms with Gasteiger partial charge in [0.25, 0.3) is 0 Å². The van der Waals surface area contributed by atoms with Gasteiger partial charge in [0.05, 0.1) is 6.10 Å². The van der Waals surface area contributed by atoms with Crippen molar-refractivity contribution in [3.8, 4) is 0 Å². The molecular formula is C16H23N3O3S. The third kappa shape index (κ3) is 3.21. The monoisotopic (exact) mass is 337 g/mol. The highest BCUT2D eigenvalue weighted by molar-refractivity contribution is 7.12. The van der Waals surface area contributed by atoms with Crippen LogP contribution in [0, 0.1) is 0 Å². The van der Waals surface area contributed by atoms with E-state index in [1.807, 2.05) is 6.07 Å². The molecular weight excluding hydrogens is 314 g/mol. The van der Waals surface area contributed by atoms with Crippen LogP contribution in [0.25, 0.3) is 0 Å². The molecule has 2 aliphatic rings. The van der Waals surface area contributed by atoms with Crippen LogP contribution >= 0.6 is 11.3 Å². The van der Waals surface area contributed by atoms with Gasteiger partial charge in [-0.3, -0.25) is 0 Å². The number of nitrogens with zero attached hydrogens (tertiary/aromatic N) is 1. The van der Waals surface area contributed by atoms with Crippen LogP contribution in [0.2, 0.25) is 0 Å². The first kappa shape index (κ1) is 16.3. The van der Waals surface area contributed by atoms with Crippen LogP contribution in [-0.4, -0.2) is 41.7 Å². The number of nitrogens with one attached hydrogen (secondary N) is 2. The Morgan fingerprint density at radius 1 is 1.48 bits per heavy atom. The number of carbonyl (C=O) groups excluding carboxylic acids is 2. The molecule has 1 aliphatic carbocycles. The Balaban J connectivity index is 1.71. The first-order valence-electron chi connectivity index (χ1n) is 8.13. The second-order valence-corrected chi connectivity index (χ2v) is 7.52. The molecule has 0 radical (unpaired) electrons. The van der Waals surface area contributed by atoms with Gasteiger partial charge < -0.3 is 15.7 Å². The lowest BCUT2D eigenvalue weighted by Crippen LogP contribution is -2.46. The van der Waals surface area contributed by atoms with Gasteiger partial charge in [-0.1, -0.05) is 12.8 Å². The molecule has 0 bridgehead atoms. The van der Waals surface area contributed by atoms with Crippen molar-refractivity contribution in [1.29, 1.82) is 0 Å². The van der Waals surface area contributed by atoms with E-state index < -0.39 is 6.10 Å². The molecule has 23 heavy (non-hydrogen) atoms. The fourth-order valence-electron chi connectivity index (χ4n) is 3.43. The Kier molecular flexibility index (Phi) is 4.59. The van der Waals surface area contributed by atoms with E-state index in [4.69, 9.17) is 0 Å². The van der Waals surface area contributed by atoms with Gasteiger partial charge in [0, 0.05) is 34.8 Å². The predicted octanol–water partition coefficient (Wildman–Crippen LogP) is 2.35. The Morgan fingerprint density at radius 2 is 2.22 bits per heavy atom. The van der Waals surface area contributed by atoms with Crippen LogP contribution < -0.4 is 10.6 Å². The standard InChI is InChI=1S/C16H23N3O3S/c1-11(20)12-4-5-13(23-12)16(6-2-3-7-16)10-18-15(22)19-9-8-17-14(19)21/h4-5,11,20H,2-3,6-10H2,1H3,(H,17,21)(H,18,22)/t11-/m0/s1. The number of rotatable bonds is 4. The lowest BCUT2D eigenvalue weighted by molar-refractivity contribution is 0.196. The third-order valence-corrected chi connectivity index (χ3v) is 6.30. The largest absolute Gasteiger partial charge is 0.388 e. The molecule has 3 N–H and O–H groups in total. The molecule has 0 unspecified atom stereocenters. The molecule has 0 spiro atoms. The summed E-state index contributed by atoms with van der Waals surface area (Å²) in [6, 6.07) is 3.40. The first-order chi connectivity index (χ1) is 11.0. The molecule has 1 saturated heterocycles. The van der Waals surface area contributed by atoms with E-state index >= 15 is 0 Å². The fourth-order valence-corrected chi connectivity index (χ4v) is 4.62. The van der Waals surface area contributed by atoms with Gasteiger partial charge >= 0.3 is 12.1 Å². The van der Waals surface area contributed by atoms with Crippen LogP contribution in [0.1, 0.15) is 48.5 Å². The zero-order chi connectivity index (χ0) is 16.4. The van der Waals surface area contributed by atoms with Gasteiger partial charge in [0.15, 0.2) is 0 Å². The number of carbonyl (C=O) groups is 2. The topological polar surface area (TPSA) is 81.7 Å². The van der Waals surface area contributed by atoms with E-state index in [1.165, 1.54) is 9.78 Å². The zero-order valence-electron chi connectivity index (χ0n) is 13.3. The predicted molar refractivity (Wildman–Crippen MR) is 88.6 cm³/mol. The smallest absolute Gasteiger partial charge is 0.325 e. The molecule has 1 atom stereocenters. The van der Waals surface area contributed by atoms with Gasteiger partial charge in [0.1, 0.15) is 0 Å². The summed E-state index contributed by atoms with van der Waals surface area (Å²) >= 11 is 1.63. The van der Waals surface area contributed by atoms with Gasteiger partial charge in [0.2, 0.25) is 0 Å². The molecule has 7 heteroatoms. The number of thiophene rings is 1. The number of imide groups is 1. The molecule has 1 saturated carbocycles. The highest BCUT2D eigenvalue weighted by Gasteiger charge is 2.38. The third-order valence-electron chi connectivity index (χ3n) is 4.80. The number of hydrogen-bond acceptors (Lipinski definition) is 4. The summed E-state index contributed by atoms with van der Waals surface area (Å²) in [4.78, 5) is 27.2. The molecule has 4 amide bonds. The van der Waals surface area contributed by atoms with Crippen molar-refractivity contribution in [2.45, 2.75) is 44.1 Å². The van der Waals surface area contributed by atoms with Crippen molar-refractivity contribution >= 4 is 23.4 Å². The van der Waals surface area contributed by atoms with E-state index in [2.05, 4.69) is 16.7 Å². The van der Waals surface area contributed by atoms with Crippen molar-refractivity contribution in [1.82, 2.24) is 15.5 Å².